The Balaban J connectivity index is 1.01. The number of allylic oxidation sites excluding steroid dienone is 2. The zero-order valence-electron chi connectivity index (χ0n) is 21.4. The lowest BCUT2D eigenvalue weighted by molar-refractivity contribution is -0.128. The molecule has 1 saturated heterocycles. The molecular weight excluding hydrogens is 480 g/mol. The van der Waals surface area contributed by atoms with Gasteiger partial charge in [0.2, 0.25) is 17.7 Å². The Hall–Kier alpha value is -3.98. The first-order valence-electron chi connectivity index (χ1n) is 13.2. The molecule has 9 nitrogen and oxygen atoms in total. The Bertz CT molecular complexity index is 1350. The minimum absolute atomic E-state index is 0.0272. The number of piperidine rings is 1. The van der Waals surface area contributed by atoms with Gasteiger partial charge in [-0.25, -0.2) is 4.98 Å². The summed E-state index contributed by atoms with van der Waals surface area (Å²) in [6, 6.07) is 9.59. The number of likely N-dealkylation sites (N-methyl/N-ethyl adjacent to an activating group) is 1. The molecule has 9 heteroatoms. The fraction of sp³-hybridized carbons (Fsp3) is 0.379. The van der Waals surface area contributed by atoms with E-state index in [9.17, 15) is 14.4 Å². The minimum atomic E-state index is -0.641. The number of aromatic nitrogens is 1. The average Bonchev–Trinajstić information content (AvgIpc) is 3.44. The molecule has 0 radical (unpaired) electrons. The SMILES string of the molecule is CN1C=CC=CC1N1CCC(C(=O)NCC(=O)Nc2ccc3c(c2)CC2(C3)C(=O)Nc3ncccc32)CC1. The number of anilines is 2. The topological polar surface area (TPSA) is 107 Å². The van der Waals surface area contributed by atoms with Crippen LogP contribution in [0, 0.1) is 5.92 Å². The van der Waals surface area contributed by atoms with Crippen LogP contribution in [-0.4, -0.2) is 65.4 Å². The summed E-state index contributed by atoms with van der Waals surface area (Å²) >= 11 is 0. The maximum Gasteiger partial charge on any atom is 0.243 e. The van der Waals surface area contributed by atoms with Crippen LogP contribution in [0.5, 0.6) is 0 Å². The number of amides is 3. The highest BCUT2D eigenvalue weighted by Crippen LogP contribution is 2.46. The molecule has 0 bridgehead atoms. The van der Waals surface area contributed by atoms with E-state index >= 15 is 0 Å². The highest BCUT2D eigenvalue weighted by molar-refractivity contribution is 6.06. The van der Waals surface area contributed by atoms with Crippen molar-refractivity contribution in [1.82, 2.24) is 20.1 Å². The van der Waals surface area contributed by atoms with Gasteiger partial charge in [0.05, 0.1) is 12.0 Å². The molecule has 3 N–H and O–H groups in total. The van der Waals surface area contributed by atoms with Gasteiger partial charge in [0.1, 0.15) is 12.0 Å². The van der Waals surface area contributed by atoms with Gasteiger partial charge in [0.25, 0.3) is 0 Å². The summed E-state index contributed by atoms with van der Waals surface area (Å²) in [6.45, 7) is 1.61. The quantitative estimate of drug-likeness (QED) is 0.567. The van der Waals surface area contributed by atoms with Gasteiger partial charge in [-0.05, 0) is 67.2 Å². The Morgan fingerprint density at radius 3 is 2.76 bits per heavy atom. The van der Waals surface area contributed by atoms with E-state index in [0.717, 1.165) is 42.6 Å². The van der Waals surface area contributed by atoms with Gasteiger partial charge in [-0.1, -0.05) is 18.2 Å². The van der Waals surface area contributed by atoms with Crippen LogP contribution in [0.4, 0.5) is 11.5 Å². The molecular formula is C29H32N6O3. The first-order valence-corrected chi connectivity index (χ1v) is 13.2. The summed E-state index contributed by atoms with van der Waals surface area (Å²) in [5.74, 6) is 0.190. The normalized spacial score (nSPS) is 24.3. The smallest absolute Gasteiger partial charge is 0.243 e. The van der Waals surface area contributed by atoms with E-state index in [-0.39, 0.29) is 36.3 Å². The lowest BCUT2D eigenvalue weighted by Crippen LogP contribution is -2.49. The van der Waals surface area contributed by atoms with Crippen molar-refractivity contribution in [3.05, 3.63) is 77.6 Å². The summed E-state index contributed by atoms with van der Waals surface area (Å²) in [6.07, 6.45) is 12.9. The molecule has 1 aromatic carbocycles. The number of hydrogen-bond acceptors (Lipinski definition) is 6. The molecule has 38 heavy (non-hydrogen) atoms. The van der Waals surface area contributed by atoms with E-state index in [2.05, 4.69) is 56.1 Å². The van der Waals surface area contributed by atoms with Crippen molar-refractivity contribution in [2.75, 3.05) is 37.3 Å². The van der Waals surface area contributed by atoms with Crippen molar-refractivity contribution >= 4 is 29.2 Å². The van der Waals surface area contributed by atoms with Crippen molar-refractivity contribution in [3.8, 4) is 0 Å². The fourth-order valence-electron chi connectivity index (χ4n) is 6.24. The predicted molar refractivity (Wildman–Crippen MR) is 144 cm³/mol. The molecule has 3 aliphatic heterocycles. The van der Waals surface area contributed by atoms with Gasteiger partial charge < -0.3 is 20.9 Å². The number of carbonyl (C=O) groups excluding carboxylic acids is 3. The number of carbonyl (C=O) groups is 3. The Labute approximate surface area is 222 Å². The van der Waals surface area contributed by atoms with E-state index in [1.165, 1.54) is 0 Å². The van der Waals surface area contributed by atoms with E-state index in [1.54, 1.807) is 6.20 Å². The van der Waals surface area contributed by atoms with E-state index in [0.29, 0.717) is 24.3 Å². The Morgan fingerprint density at radius 1 is 1.13 bits per heavy atom. The number of likely N-dealkylation sites (tertiary alicyclic amines) is 1. The standard InChI is InChI=1S/C29H32N6O3/c1-34-12-3-2-6-25(34)35-13-9-19(10-14-35)27(37)31-18-24(36)32-22-8-7-20-16-29(17-21(20)15-22)23-5-4-11-30-26(23)33-28(29)38/h2-8,11-12,15,19,25H,9-10,13-14,16-18H2,1H3,(H,31,37)(H,32,36)(H,30,33,38). The maximum absolute atomic E-state index is 12.9. The second kappa shape index (κ2) is 9.72. The molecule has 1 fully saturated rings. The summed E-state index contributed by atoms with van der Waals surface area (Å²) in [5, 5.41) is 8.64. The molecule has 1 aromatic heterocycles. The molecule has 196 valence electrons. The molecule has 2 aromatic rings. The highest BCUT2D eigenvalue weighted by atomic mass is 16.2. The molecule has 4 aliphatic rings. The van der Waals surface area contributed by atoms with E-state index in [4.69, 9.17) is 0 Å². The third-order valence-electron chi connectivity index (χ3n) is 8.29. The third-order valence-corrected chi connectivity index (χ3v) is 8.29. The highest BCUT2D eigenvalue weighted by Gasteiger charge is 2.51. The first kappa shape index (κ1) is 24.4. The van der Waals surface area contributed by atoms with Crippen molar-refractivity contribution in [2.24, 2.45) is 5.92 Å². The van der Waals surface area contributed by atoms with E-state index < -0.39 is 5.41 Å². The molecule has 1 aliphatic carbocycles. The van der Waals surface area contributed by atoms with Gasteiger partial charge in [-0.2, -0.15) is 0 Å². The summed E-state index contributed by atoms with van der Waals surface area (Å²) < 4.78 is 0. The van der Waals surface area contributed by atoms with Crippen LogP contribution in [0.1, 0.15) is 29.5 Å². The molecule has 0 saturated carbocycles. The van der Waals surface area contributed by atoms with E-state index in [1.807, 2.05) is 36.4 Å². The molecule has 2 atom stereocenters. The molecule has 2 unspecified atom stereocenters. The number of benzene rings is 1. The van der Waals surface area contributed by atoms with Gasteiger partial charge in [-0.15, -0.1) is 0 Å². The number of fused-ring (bicyclic) bond motifs is 3. The lowest BCUT2D eigenvalue weighted by Gasteiger charge is -2.40. The molecule has 4 heterocycles. The van der Waals surface area contributed by atoms with Crippen molar-refractivity contribution in [3.63, 3.8) is 0 Å². The number of hydrogen-bond donors (Lipinski definition) is 3. The lowest BCUT2D eigenvalue weighted by atomic mass is 9.79. The number of nitrogens with one attached hydrogen (secondary N) is 3. The second-order valence-corrected chi connectivity index (χ2v) is 10.7. The minimum Gasteiger partial charge on any atom is -0.362 e. The molecule has 1 spiro atoms. The second-order valence-electron chi connectivity index (χ2n) is 10.7. The van der Waals surface area contributed by atoms with Crippen LogP contribution in [0.3, 0.4) is 0 Å². The summed E-state index contributed by atoms with van der Waals surface area (Å²) in [5.41, 5.74) is 3.09. The average molecular weight is 513 g/mol. The largest absolute Gasteiger partial charge is 0.362 e. The summed E-state index contributed by atoms with van der Waals surface area (Å²) in [7, 11) is 2.06. The fourth-order valence-corrected chi connectivity index (χ4v) is 6.24. The number of rotatable bonds is 5. The van der Waals surface area contributed by atoms with Crippen LogP contribution in [0.25, 0.3) is 0 Å². The van der Waals surface area contributed by atoms with Gasteiger partial charge in [0.15, 0.2) is 0 Å². The van der Waals surface area contributed by atoms with Gasteiger partial charge in [0, 0.05) is 49.7 Å². The number of nitrogens with zero attached hydrogens (tertiary/aromatic N) is 3. The van der Waals surface area contributed by atoms with Gasteiger partial charge >= 0.3 is 0 Å². The van der Waals surface area contributed by atoms with Crippen LogP contribution in [0.2, 0.25) is 0 Å². The van der Waals surface area contributed by atoms with Crippen molar-refractivity contribution in [2.45, 2.75) is 37.3 Å². The zero-order valence-corrected chi connectivity index (χ0v) is 21.4. The van der Waals surface area contributed by atoms with Crippen molar-refractivity contribution < 1.29 is 14.4 Å². The van der Waals surface area contributed by atoms with Crippen molar-refractivity contribution in [1.29, 1.82) is 0 Å². The van der Waals surface area contributed by atoms with Crippen LogP contribution >= 0.6 is 0 Å². The molecule has 3 amide bonds. The first-order chi connectivity index (χ1) is 18.4. The third kappa shape index (κ3) is 4.36. The number of pyridine rings is 1. The Kier molecular flexibility index (Phi) is 6.23. The molecule has 6 rings (SSSR count). The van der Waals surface area contributed by atoms with Gasteiger partial charge in [-0.3, -0.25) is 19.3 Å². The van der Waals surface area contributed by atoms with Crippen LogP contribution < -0.4 is 16.0 Å². The Morgan fingerprint density at radius 2 is 1.95 bits per heavy atom. The van der Waals surface area contributed by atoms with Crippen LogP contribution in [0.15, 0.2) is 61.0 Å². The maximum atomic E-state index is 12.9. The monoisotopic (exact) mass is 512 g/mol. The predicted octanol–water partition coefficient (Wildman–Crippen LogP) is 2.18. The summed E-state index contributed by atoms with van der Waals surface area (Å²) in [4.78, 5) is 47.1. The zero-order chi connectivity index (χ0) is 26.3. The van der Waals surface area contributed by atoms with Crippen LogP contribution in [-0.2, 0) is 32.6 Å².